The summed E-state index contributed by atoms with van der Waals surface area (Å²) in [5, 5.41) is 0. The summed E-state index contributed by atoms with van der Waals surface area (Å²) in [7, 11) is 0. The maximum absolute atomic E-state index is 12.8. The van der Waals surface area contributed by atoms with Crippen LogP contribution in [0, 0.1) is 0 Å². The largest absolute Gasteiger partial charge is 0.490 e. The molecule has 4 nitrogen and oxygen atoms in total. The van der Waals surface area contributed by atoms with E-state index in [9.17, 15) is 4.79 Å². The molecule has 0 radical (unpaired) electrons. The van der Waals surface area contributed by atoms with E-state index in [2.05, 4.69) is 6.58 Å². The van der Waals surface area contributed by atoms with Crippen LogP contribution in [0.2, 0.25) is 0 Å². The summed E-state index contributed by atoms with van der Waals surface area (Å²) in [6.45, 7) is 9.17. The van der Waals surface area contributed by atoms with Crippen molar-refractivity contribution < 1.29 is 14.3 Å². The number of hydrogen-bond donors (Lipinski definition) is 0. The number of fused-ring (bicyclic) bond motifs is 1. The summed E-state index contributed by atoms with van der Waals surface area (Å²) < 4.78 is 11.3. The Bertz CT molecular complexity index is 854. The molecule has 1 aliphatic rings. The molecular weight excluding hydrogens is 326 g/mol. The van der Waals surface area contributed by atoms with E-state index >= 15 is 0 Å². The number of hydrogen-bond acceptors (Lipinski definition) is 3. The molecule has 3 rings (SSSR count). The number of carbonyl (C=O) groups is 1. The van der Waals surface area contributed by atoms with Gasteiger partial charge in [-0.15, -0.1) is 0 Å². The first-order valence-corrected chi connectivity index (χ1v) is 8.83. The van der Waals surface area contributed by atoms with Crippen molar-refractivity contribution in [2.24, 2.45) is 0 Å². The third-order valence-electron chi connectivity index (χ3n) is 4.21. The number of ether oxygens (including phenoxy) is 2. The number of para-hydroxylation sites is 1. The minimum atomic E-state index is 0.0265. The highest BCUT2D eigenvalue weighted by Crippen LogP contribution is 2.38. The average Bonchev–Trinajstić information content (AvgIpc) is 2.92. The number of anilines is 1. The highest BCUT2D eigenvalue weighted by atomic mass is 16.5. The number of benzene rings is 2. The number of carbonyl (C=O) groups excluding carboxylic acids is 1. The number of amides is 1. The summed E-state index contributed by atoms with van der Waals surface area (Å²) >= 11 is 0. The van der Waals surface area contributed by atoms with Crippen LogP contribution in [0.15, 0.2) is 55.1 Å². The Labute approximate surface area is 154 Å². The predicted octanol–water partition coefficient (Wildman–Crippen LogP) is 4.56. The maximum atomic E-state index is 12.8. The van der Waals surface area contributed by atoms with Crippen molar-refractivity contribution in [1.82, 2.24) is 0 Å². The molecule has 134 valence electrons. The van der Waals surface area contributed by atoms with Gasteiger partial charge in [0.25, 0.3) is 5.91 Å². The van der Waals surface area contributed by atoms with Crippen LogP contribution in [0.5, 0.6) is 11.5 Å². The fraction of sp³-hybridized carbons (Fsp3) is 0.227. The number of nitrogens with zero attached hydrogens (tertiary/aromatic N) is 1. The van der Waals surface area contributed by atoms with Crippen LogP contribution in [0.1, 0.15) is 25.0 Å². The highest BCUT2D eigenvalue weighted by Gasteiger charge is 2.30. The van der Waals surface area contributed by atoms with E-state index in [1.54, 1.807) is 11.0 Å². The normalized spacial score (nSPS) is 14.5. The molecule has 2 aromatic carbocycles. The van der Waals surface area contributed by atoms with Crippen LogP contribution in [0.4, 0.5) is 5.69 Å². The molecule has 0 N–H and O–H groups in total. The number of likely N-dealkylation sites (N-methyl/N-ethyl adjacent to an activating group) is 1. The molecule has 0 aromatic heterocycles. The van der Waals surface area contributed by atoms with Gasteiger partial charge in [-0.25, -0.2) is 0 Å². The first-order valence-electron chi connectivity index (χ1n) is 8.83. The van der Waals surface area contributed by atoms with Crippen LogP contribution in [-0.2, 0) is 4.79 Å². The molecule has 1 amide bonds. The van der Waals surface area contributed by atoms with Crippen molar-refractivity contribution in [3.8, 4) is 11.5 Å². The Morgan fingerprint density at radius 1 is 1.08 bits per heavy atom. The number of rotatable bonds is 7. The lowest BCUT2D eigenvalue weighted by Gasteiger charge is -2.13. The van der Waals surface area contributed by atoms with Gasteiger partial charge in [0.05, 0.1) is 12.3 Å². The van der Waals surface area contributed by atoms with E-state index in [4.69, 9.17) is 9.47 Å². The molecule has 0 saturated carbocycles. The van der Waals surface area contributed by atoms with Gasteiger partial charge in [0.1, 0.15) is 6.61 Å². The molecule has 0 aliphatic carbocycles. The van der Waals surface area contributed by atoms with E-state index in [-0.39, 0.29) is 5.91 Å². The van der Waals surface area contributed by atoms with Gasteiger partial charge in [0.2, 0.25) is 0 Å². The van der Waals surface area contributed by atoms with Gasteiger partial charge >= 0.3 is 0 Å². The molecule has 1 aliphatic heterocycles. The van der Waals surface area contributed by atoms with Gasteiger partial charge in [-0.2, -0.15) is 0 Å². The van der Waals surface area contributed by atoms with Crippen LogP contribution < -0.4 is 14.4 Å². The smallest absolute Gasteiger partial charge is 0.258 e. The van der Waals surface area contributed by atoms with E-state index in [0.717, 1.165) is 16.8 Å². The lowest BCUT2D eigenvalue weighted by molar-refractivity contribution is -0.112. The monoisotopic (exact) mass is 349 g/mol. The molecule has 26 heavy (non-hydrogen) atoms. The van der Waals surface area contributed by atoms with E-state index in [1.165, 1.54) is 0 Å². The Balaban J connectivity index is 2.00. The Hall–Kier alpha value is -3.01. The fourth-order valence-corrected chi connectivity index (χ4v) is 3.08. The molecule has 1 heterocycles. The van der Waals surface area contributed by atoms with Crippen molar-refractivity contribution in [3.63, 3.8) is 0 Å². The van der Waals surface area contributed by atoms with Gasteiger partial charge in [0.15, 0.2) is 11.5 Å². The minimum Gasteiger partial charge on any atom is -0.490 e. The second-order valence-electron chi connectivity index (χ2n) is 5.86. The minimum absolute atomic E-state index is 0.0265. The second kappa shape index (κ2) is 7.91. The van der Waals surface area contributed by atoms with E-state index < -0.39 is 0 Å². The van der Waals surface area contributed by atoms with E-state index in [1.807, 2.05) is 62.4 Å². The summed E-state index contributed by atoms with van der Waals surface area (Å²) in [6.07, 6.45) is 3.61. The molecule has 0 atom stereocenters. The lowest BCUT2D eigenvalue weighted by atomic mass is 10.0. The molecular formula is C22H23NO3. The van der Waals surface area contributed by atoms with Crippen molar-refractivity contribution in [1.29, 1.82) is 0 Å². The van der Waals surface area contributed by atoms with Crippen molar-refractivity contribution in [2.45, 2.75) is 13.8 Å². The standard InChI is InChI=1S/C22H23NO3/c1-4-13-26-20-12-11-16(15-21(20)25-6-3)14-18-17-9-7-8-10-19(17)23(5-2)22(18)24/h4,7-12,14-15H,1,5-6,13H2,2-3H3/b18-14-. The van der Waals surface area contributed by atoms with Crippen LogP contribution in [0.25, 0.3) is 11.6 Å². The zero-order valence-corrected chi connectivity index (χ0v) is 15.2. The van der Waals surface area contributed by atoms with Crippen molar-refractivity contribution in [3.05, 3.63) is 66.2 Å². The second-order valence-corrected chi connectivity index (χ2v) is 5.86. The zero-order valence-electron chi connectivity index (χ0n) is 15.2. The molecule has 2 aromatic rings. The first kappa shape index (κ1) is 17.8. The van der Waals surface area contributed by atoms with Crippen molar-refractivity contribution >= 4 is 23.2 Å². The molecule has 4 heteroatoms. The molecule has 0 unspecified atom stereocenters. The predicted molar refractivity (Wildman–Crippen MR) is 106 cm³/mol. The summed E-state index contributed by atoms with van der Waals surface area (Å²) in [5.41, 5.74) is 3.52. The molecule has 0 bridgehead atoms. The molecule has 0 saturated heterocycles. The SMILES string of the molecule is C=CCOc1ccc(/C=C2\C(=O)N(CC)c3ccccc32)cc1OCC. The van der Waals surface area contributed by atoms with Gasteiger partial charge in [-0.05, 0) is 43.7 Å². The Morgan fingerprint density at radius 3 is 2.62 bits per heavy atom. The third kappa shape index (κ3) is 3.36. The van der Waals surface area contributed by atoms with Crippen LogP contribution in [0.3, 0.4) is 0 Å². The van der Waals surface area contributed by atoms with Gasteiger partial charge < -0.3 is 14.4 Å². The molecule has 0 spiro atoms. The first-order chi connectivity index (χ1) is 12.7. The topological polar surface area (TPSA) is 38.8 Å². The molecule has 0 fully saturated rings. The van der Waals surface area contributed by atoms with Gasteiger partial charge in [0, 0.05) is 17.7 Å². The Kier molecular flexibility index (Phi) is 5.42. The van der Waals surface area contributed by atoms with Crippen LogP contribution in [-0.4, -0.2) is 25.7 Å². The highest BCUT2D eigenvalue weighted by molar-refractivity contribution is 6.35. The average molecular weight is 349 g/mol. The van der Waals surface area contributed by atoms with Crippen molar-refractivity contribution in [2.75, 3.05) is 24.7 Å². The lowest BCUT2D eigenvalue weighted by Crippen LogP contribution is -2.25. The van der Waals surface area contributed by atoms with Gasteiger partial charge in [-0.1, -0.05) is 36.9 Å². The fourth-order valence-electron chi connectivity index (χ4n) is 3.08. The summed E-state index contributed by atoms with van der Waals surface area (Å²) in [5.74, 6) is 1.36. The Morgan fingerprint density at radius 2 is 1.88 bits per heavy atom. The van der Waals surface area contributed by atoms with Crippen LogP contribution >= 0.6 is 0 Å². The quantitative estimate of drug-likeness (QED) is 0.543. The third-order valence-corrected chi connectivity index (χ3v) is 4.21. The zero-order chi connectivity index (χ0) is 18.5. The van der Waals surface area contributed by atoms with E-state index in [0.29, 0.717) is 36.8 Å². The van der Waals surface area contributed by atoms with Gasteiger partial charge in [-0.3, -0.25) is 4.79 Å². The summed E-state index contributed by atoms with van der Waals surface area (Å²) in [6, 6.07) is 13.6. The maximum Gasteiger partial charge on any atom is 0.258 e. The summed E-state index contributed by atoms with van der Waals surface area (Å²) in [4.78, 5) is 14.6.